The van der Waals surface area contributed by atoms with Crippen molar-refractivity contribution in [3.63, 3.8) is 0 Å². The molecule has 1 heterocycles. The molecule has 0 saturated carbocycles. The van der Waals surface area contributed by atoms with Gasteiger partial charge in [0, 0.05) is 24.7 Å². The summed E-state index contributed by atoms with van der Waals surface area (Å²) in [5.41, 5.74) is 2.59. The predicted molar refractivity (Wildman–Crippen MR) is 72.6 cm³/mol. The lowest BCUT2D eigenvalue weighted by molar-refractivity contribution is -0.121. The summed E-state index contributed by atoms with van der Waals surface area (Å²) in [6.45, 7) is 4.56. The molecular formula is C14H21N3O. The predicted octanol–water partition coefficient (Wildman–Crippen LogP) is 1.90. The Bertz CT molecular complexity index is 429. The van der Waals surface area contributed by atoms with E-state index < -0.39 is 0 Å². The van der Waals surface area contributed by atoms with Crippen molar-refractivity contribution in [2.45, 2.75) is 45.6 Å². The molecule has 1 aromatic rings. The van der Waals surface area contributed by atoms with Crippen LogP contribution in [-0.4, -0.2) is 23.5 Å². The van der Waals surface area contributed by atoms with Crippen molar-refractivity contribution in [2.24, 2.45) is 0 Å². The van der Waals surface area contributed by atoms with Crippen LogP contribution in [0.3, 0.4) is 0 Å². The molecule has 0 radical (unpaired) electrons. The van der Waals surface area contributed by atoms with Crippen molar-refractivity contribution < 1.29 is 4.79 Å². The highest BCUT2D eigenvalue weighted by Gasteiger charge is 2.12. The zero-order valence-electron chi connectivity index (χ0n) is 11.1. The van der Waals surface area contributed by atoms with E-state index in [1.165, 1.54) is 17.7 Å². The molecule has 1 aliphatic rings. The maximum Gasteiger partial charge on any atom is 0.221 e. The van der Waals surface area contributed by atoms with E-state index in [1.54, 1.807) is 0 Å². The first-order valence-electron chi connectivity index (χ1n) is 6.67. The second kappa shape index (κ2) is 5.85. The largest absolute Gasteiger partial charge is 0.370 e. The molecule has 0 aliphatic heterocycles. The third-order valence-corrected chi connectivity index (χ3v) is 3.04. The Kier molecular flexibility index (Phi) is 4.18. The lowest BCUT2D eigenvalue weighted by atomic mass is 10.2. The average molecular weight is 247 g/mol. The number of hydrogen-bond donors (Lipinski definition) is 2. The van der Waals surface area contributed by atoms with Crippen molar-refractivity contribution in [2.75, 3.05) is 11.9 Å². The molecule has 0 unspecified atom stereocenters. The fourth-order valence-corrected chi connectivity index (χ4v) is 2.22. The topological polar surface area (TPSA) is 54.0 Å². The Labute approximate surface area is 108 Å². The minimum atomic E-state index is 0.0821. The summed E-state index contributed by atoms with van der Waals surface area (Å²) in [5.74, 6) is 0.964. The number of fused-ring (bicyclic) bond motifs is 1. The van der Waals surface area contributed by atoms with Crippen molar-refractivity contribution >= 4 is 11.7 Å². The van der Waals surface area contributed by atoms with Crippen LogP contribution < -0.4 is 10.6 Å². The third kappa shape index (κ3) is 3.45. The molecular weight excluding hydrogens is 226 g/mol. The molecule has 2 rings (SSSR count). The van der Waals surface area contributed by atoms with Gasteiger partial charge in [0.15, 0.2) is 0 Å². The highest BCUT2D eigenvalue weighted by atomic mass is 16.1. The lowest BCUT2D eigenvalue weighted by Gasteiger charge is -2.09. The number of nitrogens with one attached hydrogen (secondary N) is 2. The molecule has 1 aromatic heterocycles. The summed E-state index contributed by atoms with van der Waals surface area (Å²) in [6.07, 6.45) is 3.93. The molecule has 0 bridgehead atoms. The van der Waals surface area contributed by atoms with Gasteiger partial charge in [-0.05, 0) is 44.7 Å². The maximum atomic E-state index is 11.5. The first kappa shape index (κ1) is 12.9. The monoisotopic (exact) mass is 247 g/mol. The Balaban J connectivity index is 1.78. The van der Waals surface area contributed by atoms with E-state index in [1.807, 2.05) is 19.9 Å². The van der Waals surface area contributed by atoms with Gasteiger partial charge in [-0.2, -0.15) is 0 Å². The van der Waals surface area contributed by atoms with Gasteiger partial charge in [0.05, 0.1) is 0 Å². The van der Waals surface area contributed by atoms with Gasteiger partial charge >= 0.3 is 0 Å². The lowest BCUT2D eigenvalue weighted by Crippen LogP contribution is -2.31. The van der Waals surface area contributed by atoms with E-state index in [-0.39, 0.29) is 11.9 Å². The molecule has 0 spiro atoms. The highest BCUT2D eigenvalue weighted by Crippen LogP contribution is 2.21. The number of carbonyl (C=O) groups excluding carboxylic acids is 1. The third-order valence-electron chi connectivity index (χ3n) is 3.04. The van der Waals surface area contributed by atoms with Crippen molar-refractivity contribution in [3.8, 4) is 0 Å². The van der Waals surface area contributed by atoms with Crippen molar-refractivity contribution in [1.29, 1.82) is 0 Å². The molecule has 0 atom stereocenters. The Morgan fingerprint density at radius 2 is 2.22 bits per heavy atom. The van der Waals surface area contributed by atoms with E-state index in [2.05, 4.69) is 21.7 Å². The van der Waals surface area contributed by atoms with Gasteiger partial charge in [-0.15, -0.1) is 0 Å². The van der Waals surface area contributed by atoms with Gasteiger partial charge in [0.25, 0.3) is 0 Å². The average Bonchev–Trinajstić information content (AvgIpc) is 2.75. The van der Waals surface area contributed by atoms with Gasteiger partial charge in [0.1, 0.15) is 5.82 Å². The summed E-state index contributed by atoms with van der Waals surface area (Å²) in [5, 5.41) is 6.08. The smallest absolute Gasteiger partial charge is 0.221 e. The number of nitrogens with zero attached hydrogens (tertiary/aromatic N) is 1. The van der Waals surface area contributed by atoms with Gasteiger partial charge in [0.2, 0.25) is 5.91 Å². The molecule has 18 heavy (non-hydrogen) atoms. The second-order valence-corrected chi connectivity index (χ2v) is 5.05. The fourth-order valence-electron chi connectivity index (χ4n) is 2.22. The maximum absolute atomic E-state index is 11.5. The van der Waals surface area contributed by atoms with Crippen molar-refractivity contribution in [3.05, 3.63) is 23.4 Å². The van der Waals surface area contributed by atoms with Crippen LogP contribution in [0.25, 0.3) is 0 Å². The van der Waals surface area contributed by atoms with E-state index in [9.17, 15) is 4.79 Å². The number of aromatic nitrogens is 1. The number of pyridine rings is 1. The highest BCUT2D eigenvalue weighted by molar-refractivity contribution is 5.76. The molecule has 4 heteroatoms. The van der Waals surface area contributed by atoms with E-state index in [0.717, 1.165) is 18.7 Å². The molecule has 4 nitrogen and oxygen atoms in total. The van der Waals surface area contributed by atoms with Crippen LogP contribution in [0.5, 0.6) is 0 Å². The number of amides is 1. The van der Waals surface area contributed by atoms with Crippen LogP contribution in [0.4, 0.5) is 5.82 Å². The number of anilines is 1. The Hall–Kier alpha value is -1.58. The molecule has 2 N–H and O–H groups in total. The van der Waals surface area contributed by atoms with Crippen LogP contribution in [0.1, 0.15) is 37.9 Å². The standard InChI is InChI=1S/C14H21N3O/c1-10(2)16-14(18)8-9-15-13-7-6-11-4-3-5-12(11)17-13/h6-7,10H,3-5,8-9H2,1-2H3,(H,15,17)(H,16,18). The van der Waals surface area contributed by atoms with Crippen LogP contribution in [0.15, 0.2) is 12.1 Å². The number of hydrogen-bond acceptors (Lipinski definition) is 3. The number of rotatable bonds is 5. The number of aryl methyl sites for hydroxylation is 2. The Morgan fingerprint density at radius 3 is 3.00 bits per heavy atom. The van der Waals surface area contributed by atoms with E-state index >= 15 is 0 Å². The zero-order chi connectivity index (χ0) is 13.0. The molecule has 0 saturated heterocycles. The second-order valence-electron chi connectivity index (χ2n) is 5.05. The molecule has 1 amide bonds. The quantitative estimate of drug-likeness (QED) is 0.835. The van der Waals surface area contributed by atoms with Gasteiger partial charge in [-0.25, -0.2) is 4.98 Å². The number of carbonyl (C=O) groups is 1. The van der Waals surface area contributed by atoms with Gasteiger partial charge < -0.3 is 10.6 Å². The van der Waals surface area contributed by atoms with Crippen molar-refractivity contribution in [1.82, 2.24) is 10.3 Å². The first-order valence-corrected chi connectivity index (χ1v) is 6.67. The molecule has 1 aliphatic carbocycles. The summed E-state index contributed by atoms with van der Waals surface area (Å²) >= 11 is 0. The molecule has 0 fully saturated rings. The summed E-state index contributed by atoms with van der Waals surface area (Å²) < 4.78 is 0. The van der Waals surface area contributed by atoms with E-state index in [0.29, 0.717) is 13.0 Å². The SMILES string of the molecule is CC(C)NC(=O)CCNc1ccc2c(n1)CCC2. The summed E-state index contributed by atoms with van der Waals surface area (Å²) in [6, 6.07) is 4.35. The molecule has 0 aromatic carbocycles. The zero-order valence-corrected chi connectivity index (χ0v) is 11.1. The van der Waals surface area contributed by atoms with Crippen LogP contribution in [0, 0.1) is 0 Å². The minimum absolute atomic E-state index is 0.0821. The first-order chi connectivity index (χ1) is 8.65. The minimum Gasteiger partial charge on any atom is -0.370 e. The summed E-state index contributed by atoms with van der Waals surface area (Å²) in [7, 11) is 0. The van der Waals surface area contributed by atoms with Crippen LogP contribution >= 0.6 is 0 Å². The normalized spacial score (nSPS) is 13.5. The fraction of sp³-hybridized carbons (Fsp3) is 0.571. The van der Waals surface area contributed by atoms with Gasteiger partial charge in [-0.1, -0.05) is 6.07 Å². The summed E-state index contributed by atoms with van der Waals surface area (Å²) in [4.78, 5) is 16.0. The van der Waals surface area contributed by atoms with E-state index in [4.69, 9.17) is 0 Å². The van der Waals surface area contributed by atoms with Crippen LogP contribution in [-0.2, 0) is 17.6 Å². The van der Waals surface area contributed by atoms with Crippen LogP contribution in [0.2, 0.25) is 0 Å². The van der Waals surface area contributed by atoms with Gasteiger partial charge in [-0.3, -0.25) is 4.79 Å². The Morgan fingerprint density at radius 1 is 1.39 bits per heavy atom. The molecule has 98 valence electrons.